The number of fused-ring (bicyclic) bond motifs is 1. The van der Waals surface area contributed by atoms with Crippen molar-refractivity contribution >= 4 is 23.1 Å². The quantitative estimate of drug-likeness (QED) is 0.521. The van der Waals surface area contributed by atoms with Gasteiger partial charge in [0.1, 0.15) is 17.5 Å². The molecule has 0 saturated carbocycles. The molecular formula is C16H11Cl2F3Zr. The van der Waals surface area contributed by atoms with Gasteiger partial charge in [-0.25, -0.2) is 13.2 Å². The summed E-state index contributed by atoms with van der Waals surface area (Å²) in [6.07, 6.45) is 2.71. The molecule has 1 aliphatic rings. The van der Waals surface area contributed by atoms with E-state index in [-0.39, 0.29) is 5.56 Å². The Hall–Kier alpha value is -0.567. The molecule has 22 heavy (non-hydrogen) atoms. The normalized spacial score (nSPS) is 12.2. The monoisotopic (exact) mass is 420 g/mol. The van der Waals surface area contributed by atoms with E-state index in [1.54, 1.807) is 12.1 Å². The van der Waals surface area contributed by atoms with Crippen LogP contribution in [-0.2, 0) is 27.3 Å². The summed E-state index contributed by atoms with van der Waals surface area (Å²) in [6.45, 7) is 1.97. The summed E-state index contributed by atoms with van der Waals surface area (Å²) in [5.41, 5.74) is 3.32. The standard InChI is InChI=1S/C16H11F3.2ClH.Zr/c1-9-5-10-3-2-4-12(13(10)6-9)16-14(18)7-11(17)8-15(16)19;;;/h2-4,6-8H,5H2,1H3;2*1H;/q;;;+2/p-2. The molecule has 0 saturated heterocycles. The maximum atomic E-state index is 13.9. The second-order valence-electron chi connectivity index (χ2n) is 4.86. The number of halogens is 5. The molecule has 0 N–H and O–H groups in total. The van der Waals surface area contributed by atoms with Crippen LogP contribution in [-0.4, -0.2) is 0 Å². The molecule has 3 rings (SSSR count). The van der Waals surface area contributed by atoms with Crippen LogP contribution in [0.3, 0.4) is 0 Å². The zero-order chi connectivity index (χ0) is 16.3. The van der Waals surface area contributed by atoms with Crippen LogP contribution in [0.4, 0.5) is 13.2 Å². The Bertz CT molecular complexity index is 706. The van der Waals surface area contributed by atoms with Crippen LogP contribution in [0, 0.1) is 17.5 Å². The fourth-order valence-corrected chi connectivity index (χ4v) is 2.55. The van der Waals surface area contributed by atoms with Gasteiger partial charge in [0.2, 0.25) is 0 Å². The van der Waals surface area contributed by atoms with Crippen molar-refractivity contribution in [3.8, 4) is 11.1 Å². The minimum absolute atomic E-state index is 0.163. The van der Waals surface area contributed by atoms with E-state index < -0.39 is 38.3 Å². The molecule has 0 aromatic heterocycles. The first kappa shape index (κ1) is 17.8. The van der Waals surface area contributed by atoms with Crippen molar-refractivity contribution in [2.45, 2.75) is 13.3 Å². The zero-order valence-corrected chi connectivity index (χ0v) is 15.5. The Kier molecular flexibility index (Phi) is 6.31. The molecule has 2 aromatic rings. The fraction of sp³-hybridized carbons (Fsp3) is 0.125. The Balaban J connectivity index is 0.000000545. The van der Waals surface area contributed by atoms with Crippen LogP contribution < -0.4 is 0 Å². The molecule has 2 aromatic carbocycles. The van der Waals surface area contributed by atoms with Gasteiger partial charge in [-0.2, -0.15) is 0 Å². The molecule has 0 amide bonds. The molecule has 0 spiro atoms. The van der Waals surface area contributed by atoms with Gasteiger partial charge in [-0.1, -0.05) is 29.8 Å². The average Bonchev–Trinajstić information content (AvgIpc) is 2.79. The predicted molar refractivity (Wildman–Crippen MR) is 80.8 cm³/mol. The molecule has 0 fully saturated rings. The summed E-state index contributed by atoms with van der Waals surface area (Å²) in [4.78, 5) is 0. The van der Waals surface area contributed by atoms with Crippen molar-refractivity contribution in [1.82, 2.24) is 0 Å². The van der Waals surface area contributed by atoms with E-state index in [0.29, 0.717) is 17.7 Å². The van der Waals surface area contributed by atoms with E-state index >= 15 is 0 Å². The Morgan fingerprint density at radius 1 is 1.05 bits per heavy atom. The van der Waals surface area contributed by atoms with E-state index in [4.69, 9.17) is 17.0 Å². The molecule has 0 bridgehead atoms. The summed E-state index contributed by atoms with van der Waals surface area (Å²) >= 11 is -0.826. The van der Waals surface area contributed by atoms with Crippen molar-refractivity contribution in [3.63, 3.8) is 0 Å². The molecule has 0 nitrogen and oxygen atoms in total. The van der Waals surface area contributed by atoms with Crippen molar-refractivity contribution < 1.29 is 34.0 Å². The van der Waals surface area contributed by atoms with Crippen LogP contribution >= 0.6 is 17.0 Å². The van der Waals surface area contributed by atoms with Gasteiger partial charge in [-0.3, -0.25) is 0 Å². The molecule has 114 valence electrons. The van der Waals surface area contributed by atoms with Crippen molar-refractivity contribution in [2.24, 2.45) is 0 Å². The van der Waals surface area contributed by atoms with Gasteiger partial charge in [0, 0.05) is 12.1 Å². The number of hydrogen-bond acceptors (Lipinski definition) is 0. The molecule has 6 heteroatoms. The summed E-state index contributed by atoms with van der Waals surface area (Å²) in [6, 6.07) is 6.79. The van der Waals surface area contributed by atoms with Crippen LogP contribution in [0.15, 0.2) is 35.9 Å². The number of benzene rings is 2. The summed E-state index contributed by atoms with van der Waals surface area (Å²) in [7, 11) is 9.87. The van der Waals surface area contributed by atoms with Gasteiger partial charge < -0.3 is 0 Å². The molecule has 0 heterocycles. The van der Waals surface area contributed by atoms with E-state index in [1.807, 2.05) is 19.1 Å². The first-order chi connectivity index (χ1) is 10.5. The topological polar surface area (TPSA) is 0 Å². The molecule has 0 radical (unpaired) electrons. The first-order valence-electron chi connectivity index (χ1n) is 6.38. The Morgan fingerprint density at radius 2 is 1.64 bits per heavy atom. The SMILES string of the molecule is CC1=Cc2c(cccc2-c2c(F)cc(F)cc2F)C1.[Cl][Zr][Cl]. The van der Waals surface area contributed by atoms with E-state index in [2.05, 4.69) is 0 Å². The van der Waals surface area contributed by atoms with Gasteiger partial charge in [0.15, 0.2) is 0 Å². The molecule has 0 atom stereocenters. The maximum absolute atomic E-state index is 13.9. The average molecular weight is 422 g/mol. The molecular weight excluding hydrogens is 411 g/mol. The van der Waals surface area contributed by atoms with Gasteiger partial charge in [-0.05, 0) is 30.0 Å². The van der Waals surface area contributed by atoms with Crippen molar-refractivity contribution in [2.75, 3.05) is 0 Å². The Labute approximate surface area is 145 Å². The van der Waals surface area contributed by atoms with Crippen LogP contribution in [0.1, 0.15) is 18.1 Å². The number of rotatable bonds is 1. The van der Waals surface area contributed by atoms with Gasteiger partial charge >= 0.3 is 37.9 Å². The third kappa shape index (κ3) is 3.85. The summed E-state index contributed by atoms with van der Waals surface area (Å²) < 4.78 is 40.7. The van der Waals surface area contributed by atoms with Crippen LogP contribution in [0.5, 0.6) is 0 Å². The fourth-order valence-electron chi connectivity index (χ4n) is 2.55. The number of hydrogen-bond donors (Lipinski definition) is 0. The van der Waals surface area contributed by atoms with E-state index in [0.717, 1.165) is 23.1 Å². The van der Waals surface area contributed by atoms with Gasteiger partial charge in [-0.15, -0.1) is 0 Å². The van der Waals surface area contributed by atoms with Crippen LogP contribution in [0.2, 0.25) is 0 Å². The summed E-state index contributed by atoms with van der Waals surface area (Å²) in [5, 5.41) is 0. The molecule has 0 aliphatic heterocycles. The molecule has 0 unspecified atom stereocenters. The van der Waals surface area contributed by atoms with E-state index in [9.17, 15) is 13.2 Å². The summed E-state index contributed by atoms with van der Waals surface area (Å²) in [5.74, 6) is -2.65. The molecule has 1 aliphatic carbocycles. The third-order valence-corrected chi connectivity index (χ3v) is 3.33. The second-order valence-corrected chi connectivity index (χ2v) is 8.59. The van der Waals surface area contributed by atoms with Gasteiger partial charge in [0.05, 0.1) is 5.56 Å². The predicted octanol–water partition coefficient (Wildman–Crippen LogP) is 6.11. The minimum atomic E-state index is -0.905. The Morgan fingerprint density at radius 3 is 2.23 bits per heavy atom. The second kappa shape index (κ2) is 7.81. The number of allylic oxidation sites excluding steroid dienone is 1. The zero-order valence-electron chi connectivity index (χ0n) is 11.6. The van der Waals surface area contributed by atoms with Crippen molar-refractivity contribution in [1.29, 1.82) is 0 Å². The third-order valence-electron chi connectivity index (χ3n) is 3.33. The first-order valence-corrected chi connectivity index (χ1v) is 12.7. The van der Waals surface area contributed by atoms with Crippen molar-refractivity contribution in [3.05, 3.63) is 64.5 Å². The van der Waals surface area contributed by atoms with E-state index in [1.165, 1.54) is 0 Å². The van der Waals surface area contributed by atoms with Gasteiger partial charge in [0.25, 0.3) is 0 Å². The van der Waals surface area contributed by atoms with Crippen LogP contribution in [0.25, 0.3) is 17.2 Å².